The van der Waals surface area contributed by atoms with Gasteiger partial charge in [-0.15, -0.1) is 0 Å². The van der Waals surface area contributed by atoms with E-state index in [0.29, 0.717) is 12.3 Å². The average molecular weight is 273 g/mol. The molecule has 0 aliphatic rings. The minimum absolute atomic E-state index is 0.0357. The summed E-state index contributed by atoms with van der Waals surface area (Å²) < 4.78 is 18.2. The van der Waals surface area contributed by atoms with Crippen molar-refractivity contribution in [2.75, 3.05) is 6.61 Å². The first-order valence-corrected chi connectivity index (χ1v) is 6.35. The van der Waals surface area contributed by atoms with Crippen LogP contribution in [0.2, 0.25) is 0 Å². The molecule has 0 saturated carbocycles. The second kappa shape index (κ2) is 6.70. The summed E-state index contributed by atoms with van der Waals surface area (Å²) in [7, 11) is 0. The molecule has 20 heavy (non-hydrogen) atoms. The van der Waals surface area contributed by atoms with E-state index in [4.69, 9.17) is 4.74 Å². The number of halogens is 1. The highest BCUT2D eigenvalue weighted by atomic mass is 19.1. The number of rotatable bonds is 5. The molecule has 0 heterocycles. The van der Waals surface area contributed by atoms with Crippen molar-refractivity contribution < 1.29 is 13.9 Å². The van der Waals surface area contributed by atoms with Crippen molar-refractivity contribution >= 4 is 5.91 Å². The van der Waals surface area contributed by atoms with Crippen molar-refractivity contribution in [1.82, 2.24) is 5.32 Å². The fourth-order valence-corrected chi connectivity index (χ4v) is 1.72. The zero-order valence-electron chi connectivity index (χ0n) is 11.2. The Bertz CT molecular complexity index is 581. The zero-order valence-corrected chi connectivity index (χ0v) is 11.2. The quantitative estimate of drug-likeness (QED) is 0.909. The molecule has 2 rings (SSSR count). The van der Waals surface area contributed by atoms with Gasteiger partial charge in [0.15, 0.2) is 6.61 Å². The molecule has 104 valence electrons. The Kier molecular flexibility index (Phi) is 4.71. The standard InChI is InChI=1S/C16H16FNO2/c1-12-4-2-3-5-15(12)20-11-16(19)18-10-13-6-8-14(17)9-7-13/h2-9H,10-11H2,1H3,(H,18,19). The minimum atomic E-state index is -0.289. The summed E-state index contributed by atoms with van der Waals surface area (Å²) >= 11 is 0. The molecule has 2 aromatic rings. The van der Waals surface area contributed by atoms with E-state index in [0.717, 1.165) is 11.1 Å². The Morgan fingerprint density at radius 3 is 2.55 bits per heavy atom. The summed E-state index contributed by atoms with van der Waals surface area (Å²) in [5.41, 5.74) is 1.83. The third-order valence-corrected chi connectivity index (χ3v) is 2.86. The average Bonchev–Trinajstić information content (AvgIpc) is 2.46. The van der Waals surface area contributed by atoms with E-state index in [1.807, 2.05) is 31.2 Å². The molecule has 2 aromatic carbocycles. The summed E-state index contributed by atoms with van der Waals surface area (Å²) in [5.74, 6) is 0.199. The molecule has 0 unspecified atom stereocenters. The van der Waals surface area contributed by atoms with Crippen molar-refractivity contribution in [2.24, 2.45) is 0 Å². The van der Waals surface area contributed by atoms with Crippen LogP contribution in [0.15, 0.2) is 48.5 Å². The molecule has 1 amide bonds. The maximum Gasteiger partial charge on any atom is 0.258 e. The van der Waals surface area contributed by atoms with Crippen molar-refractivity contribution in [3.05, 3.63) is 65.5 Å². The number of benzene rings is 2. The number of aryl methyl sites for hydroxylation is 1. The van der Waals surface area contributed by atoms with Gasteiger partial charge in [0.25, 0.3) is 5.91 Å². The van der Waals surface area contributed by atoms with Crippen LogP contribution in [0.3, 0.4) is 0 Å². The summed E-state index contributed by atoms with van der Waals surface area (Å²) in [6.45, 7) is 2.24. The molecule has 0 radical (unpaired) electrons. The highest BCUT2D eigenvalue weighted by molar-refractivity contribution is 5.77. The maximum atomic E-state index is 12.7. The molecular formula is C16H16FNO2. The molecule has 0 spiro atoms. The van der Waals surface area contributed by atoms with Gasteiger partial charge >= 0.3 is 0 Å². The van der Waals surface area contributed by atoms with E-state index in [-0.39, 0.29) is 18.3 Å². The number of para-hydroxylation sites is 1. The van der Waals surface area contributed by atoms with E-state index >= 15 is 0 Å². The predicted octanol–water partition coefficient (Wildman–Crippen LogP) is 2.83. The Morgan fingerprint density at radius 2 is 1.85 bits per heavy atom. The highest BCUT2D eigenvalue weighted by Crippen LogP contribution is 2.15. The van der Waals surface area contributed by atoms with Gasteiger partial charge < -0.3 is 10.1 Å². The maximum absolute atomic E-state index is 12.7. The first kappa shape index (κ1) is 14.1. The van der Waals surface area contributed by atoms with Crippen LogP contribution in [-0.2, 0) is 11.3 Å². The monoisotopic (exact) mass is 273 g/mol. The largest absolute Gasteiger partial charge is 0.484 e. The number of amides is 1. The van der Waals surface area contributed by atoms with Gasteiger partial charge in [-0.25, -0.2) is 4.39 Å². The van der Waals surface area contributed by atoms with Gasteiger partial charge in [0, 0.05) is 6.54 Å². The molecular weight excluding hydrogens is 257 g/mol. The zero-order chi connectivity index (χ0) is 14.4. The van der Waals surface area contributed by atoms with Crippen molar-refractivity contribution in [1.29, 1.82) is 0 Å². The van der Waals surface area contributed by atoms with Crippen LogP contribution in [0.5, 0.6) is 5.75 Å². The van der Waals surface area contributed by atoms with E-state index < -0.39 is 0 Å². The van der Waals surface area contributed by atoms with E-state index in [9.17, 15) is 9.18 Å². The molecule has 0 aliphatic carbocycles. The van der Waals surface area contributed by atoms with Gasteiger partial charge in [-0.2, -0.15) is 0 Å². The molecule has 1 N–H and O–H groups in total. The van der Waals surface area contributed by atoms with Gasteiger partial charge in [0.2, 0.25) is 0 Å². The molecule has 0 aliphatic heterocycles. The van der Waals surface area contributed by atoms with Gasteiger partial charge in [-0.1, -0.05) is 30.3 Å². The van der Waals surface area contributed by atoms with Crippen LogP contribution in [0.25, 0.3) is 0 Å². The summed E-state index contributed by atoms with van der Waals surface area (Å²) in [4.78, 5) is 11.7. The Hall–Kier alpha value is -2.36. The molecule has 0 fully saturated rings. The van der Waals surface area contributed by atoms with Crippen molar-refractivity contribution in [2.45, 2.75) is 13.5 Å². The van der Waals surface area contributed by atoms with Crippen LogP contribution in [-0.4, -0.2) is 12.5 Å². The predicted molar refractivity (Wildman–Crippen MR) is 74.9 cm³/mol. The molecule has 4 heteroatoms. The number of ether oxygens (including phenoxy) is 1. The third kappa shape index (κ3) is 4.09. The first-order chi connectivity index (χ1) is 9.65. The van der Waals surface area contributed by atoms with Crippen LogP contribution in [0, 0.1) is 12.7 Å². The molecule has 0 saturated heterocycles. The Labute approximate surface area is 117 Å². The lowest BCUT2D eigenvalue weighted by Crippen LogP contribution is -2.28. The fraction of sp³-hybridized carbons (Fsp3) is 0.188. The molecule has 0 aromatic heterocycles. The van der Waals surface area contributed by atoms with Gasteiger partial charge in [-0.3, -0.25) is 4.79 Å². The van der Waals surface area contributed by atoms with Gasteiger partial charge in [-0.05, 0) is 36.2 Å². The molecule has 3 nitrogen and oxygen atoms in total. The topological polar surface area (TPSA) is 38.3 Å². The Morgan fingerprint density at radius 1 is 1.15 bits per heavy atom. The number of hydrogen-bond donors (Lipinski definition) is 1. The number of nitrogens with one attached hydrogen (secondary N) is 1. The second-order valence-electron chi connectivity index (χ2n) is 4.46. The summed E-state index contributed by atoms with van der Waals surface area (Å²) in [6.07, 6.45) is 0. The number of carbonyl (C=O) groups excluding carboxylic acids is 1. The SMILES string of the molecule is Cc1ccccc1OCC(=O)NCc1ccc(F)cc1. The minimum Gasteiger partial charge on any atom is -0.484 e. The van der Waals surface area contributed by atoms with Crippen molar-refractivity contribution in [3.8, 4) is 5.75 Å². The number of hydrogen-bond acceptors (Lipinski definition) is 2. The van der Waals surface area contributed by atoms with Gasteiger partial charge in [0.1, 0.15) is 11.6 Å². The lowest BCUT2D eigenvalue weighted by atomic mass is 10.2. The second-order valence-corrected chi connectivity index (χ2v) is 4.46. The first-order valence-electron chi connectivity index (χ1n) is 6.35. The highest BCUT2D eigenvalue weighted by Gasteiger charge is 2.04. The fourth-order valence-electron chi connectivity index (χ4n) is 1.72. The Balaban J connectivity index is 1.78. The summed E-state index contributed by atoms with van der Waals surface area (Å²) in [6, 6.07) is 13.5. The third-order valence-electron chi connectivity index (χ3n) is 2.86. The molecule has 0 atom stereocenters. The van der Waals surface area contributed by atoms with Crippen LogP contribution >= 0.6 is 0 Å². The van der Waals surface area contributed by atoms with E-state index in [1.54, 1.807) is 12.1 Å². The van der Waals surface area contributed by atoms with E-state index in [2.05, 4.69) is 5.32 Å². The number of carbonyl (C=O) groups is 1. The normalized spacial score (nSPS) is 10.1. The molecule has 0 bridgehead atoms. The smallest absolute Gasteiger partial charge is 0.258 e. The lowest BCUT2D eigenvalue weighted by molar-refractivity contribution is -0.123. The van der Waals surface area contributed by atoms with E-state index in [1.165, 1.54) is 12.1 Å². The van der Waals surface area contributed by atoms with Crippen molar-refractivity contribution in [3.63, 3.8) is 0 Å². The van der Waals surface area contributed by atoms with Gasteiger partial charge in [0.05, 0.1) is 0 Å². The van der Waals surface area contributed by atoms with Crippen LogP contribution < -0.4 is 10.1 Å². The lowest BCUT2D eigenvalue weighted by Gasteiger charge is -2.09. The van der Waals surface area contributed by atoms with Crippen LogP contribution in [0.4, 0.5) is 4.39 Å². The van der Waals surface area contributed by atoms with Crippen LogP contribution in [0.1, 0.15) is 11.1 Å². The summed E-state index contributed by atoms with van der Waals surface area (Å²) in [5, 5.41) is 2.72.